The maximum atomic E-state index is 12.3. The van der Waals surface area contributed by atoms with E-state index in [1.54, 1.807) is 0 Å². The molecule has 1 aromatic carbocycles. The molecule has 0 saturated carbocycles. The molecule has 1 aliphatic rings. The fraction of sp³-hybridized carbons (Fsp3) is 0.529. The molecule has 1 fully saturated rings. The van der Waals surface area contributed by atoms with Gasteiger partial charge in [-0.05, 0) is 24.8 Å². The Balaban J connectivity index is 1.93. The molecule has 21 heavy (non-hydrogen) atoms. The largest absolute Gasteiger partial charge is 0.305 e. The lowest BCUT2D eigenvalue weighted by Gasteiger charge is -2.22. The van der Waals surface area contributed by atoms with Gasteiger partial charge >= 0.3 is 0 Å². The quantitative estimate of drug-likeness (QED) is 0.817. The van der Waals surface area contributed by atoms with Crippen molar-refractivity contribution in [2.24, 2.45) is 0 Å². The smallest absolute Gasteiger partial charge is 0.247 e. The van der Waals surface area contributed by atoms with Crippen LogP contribution < -0.4 is 5.32 Å². The van der Waals surface area contributed by atoms with Gasteiger partial charge in [0.1, 0.15) is 0 Å². The van der Waals surface area contributed by atoms with Crippen LogP contribution in [0.15, 0.2) is 30.3 Å². The lowest BCUT2D eigenvalue weighted by Crippen LogP contribution is -2.43. The first-order valence-corrected chi connectivity index (χ1v) is 7.68. The number of carbonyl (C=O) groups is 2. The summed E-state index contributed by atoms with van der Waals surface area (Å²) >= 11 is 0. The fourth-order valence-electron chi connectivity index (χ4n) is 2.67. The molecule has 2 amide bonds. The van der Waals surface area contributed by atoms with Crippen molar-refractivity contribution < 1.29 is 9.59 Å². The van der Waals surface area contributed by atoms with E-state index in [0.29, 0.717) is 12.5 Å². The second-order valence-corrected chi connectivity index (χ2v) is 5.84. The summed E-state index contributed by atoms with van der Waals surface area (Å²) in [6.45, 7) is 6.73. The van der Waals surface area contributed by atoms with Crippen molar-refractivity contribution in [3.8, 4) is 0 Å². The van der Waals surface area contributed by atoms with E-state index in [2.05, 4.69) is 24.4 Å². The summed E-state index contributed by atoms with van der Waals surface area (Å²) in [5, 5.41) is 3.26. The molecule has 1 aromatic rings. The van der Waals surface area contributed by atoms with E-state index < -0.39 is 0 Å². The van der Waals surface area contributed by atoms with Crippen molar-refractivity contribution in [3.63, 3.8) is 0 Å². The van der Waals surface area contributed by atoms with Crippen molar-refractivity contribution in [2.75, 3.05) is 6.54 Å². The minimum absolute atomic E-state index is 0.0108. The number of hydrogen-bond donors (Lipinski definition) is 1. The van der Waals surface area contributed by atoms with Crippen LogP contribution in [0.5, 0.6) is 0 Å². The zero-order chi connectivity index (χ0) is 15.4. The third-order valence-electron chi connectivity index (χ3n) is 4.25. The molecule has 0 radical (unpaired) electrons. The predicted octanol–water partition coefficient (Wildman–Crippen LogP) is 2.31. The van der Waals surface area contributed by atoms with E-state index in [1.807, 2.05) is 32.0 Å². The second-order valence-electron chi connectivity index (χ2n) is 5.84. The van der Waals surface area contributed by atoms with E-state index in [1.165, 1.54) is 10.5 Å². The zero-order valence-electron chi connectivity index (χ0n) is 13.0. The monoisotopic (exact) mass is 288 g/mol. The van der Waals surface area contributed by atoms with E-state index in [-0.39, 0.29) is 30.3 Å². The van der Waals surface area contributed by atoms with Gasteiger partial charge < -0.3 is 5.32 Å². The van der Waals surface area contributed by atoms with Crippen LogP contribution in [-0.4, -0.2) is 35.3 Å². The van der Waals surface area contributed by atoms with Gasteiger partial charge in [-0.3, -0.25) is 14.5 Å². The molecule has 0 aromatic heterocycles. The van der Waals surface area contributed by atoms with Crippen LogP contribution in [0.3, 0.4) is 0 Å². The lowest BCUT2D eigenvalue weighted by atomic mass is 10.0. The molecule has 3 unspecified atom stereocenters. The predicted molar refractivity (Wildman–Crippen MR) is 82.9 cm³/mol. The number of carbonyl (C=O) groups excluding carboxylic acids is 2. The van der Waals surface area contributed by atoms with Gasteiger partial charge in [0.25, 0.3) is 0 Å². The first-order chi connectivity index (χ1) is 10.0. The van der Waals surface area contributed by atoms with Gasteiger partial charge in [-0.15, -0.1) is 0 Å². The van der Waals surface area contributed by atoms with Gasteiger partial charge in [0.05, 0.1) is 12.5 Å². The van der Waals surface area contributed by atoms with Crippen LogP contribution in [-0.2, 0) is 9.59 Å². The Kier molecular flexibility index (Phi) is 5.12. The van der Waals surface area contributed by atoms with Crippen LogP contribution in [0, 0.1) is 0 Å². The summed E-state index contributed by atoms with van der Waals surface area (Å²) in [6, 6.07) is 9.81. The number of rotatable bonds is 6. The summed E-state index contributed by atoms with van der Waals surface area (Å²) < 4.78 is 0. The molecule has 1 saturated heterocycles. The van der Waals surface area contributed by atoms with Gasteiger partial charge in [-0.2, -0.15) is 0 Å². The summed E-state index contributed by atoms with van der Waals surface area (Å²) in [5.74, 6) is 0.181. The fourth-order valence-corrected chi connectivity index (χ4v) is 2.67. The van der Waals surface area contributed by atoms with Gasteiger partial charge in [0, 0.05) is 12.6 Å². The first-order valence-electron chi connectivity index (χ1n) is 7.68. The highest BCUT2D eigenvalue weighted by molar-refractivity contribution is 6.05. The lowest BCUT2D eigenvalue weighted by molar-refractivity contribution is -0.141. The van der Waals surface area contributed by atoms with Gasteiger partial charge in [-0.1, -0.05) is 44.2 Å². The number of benzene rings is 1. The van der Waals surface area contributed by atoms with Crippen molar-refractivity contribution in [2.45, 2.75) is 51.6 Å². The maximum absolute atomic E-state index is 12.3. The van der Waals surface area contributed by atoms with Crippen molar-refractivity contribution in [1.29, 1.82) is 0 Å². The van der Waals surface area contributed by atoms with Crippen molar-refractivity contribution in [1.82, 2.24) is 10.2 Å². The molecular weight excluding hydrogens is 264 g/mol. The third-order valence-corrected chi connectivity index (χ3v) is 4.25. The SMILES string of the molecule is CCC(C)N1C(=O)CC(NCC(C)c2ccccc2)C1=O. The molecule has 0 aliphatic carbocycles. The summed E-state index contributed by atoms with van der Waals surface area (Å²) in [5.41, 5.74) is 1.24. The summed E-state index contributed by atoms with van der Waals surface area (Å²) in [7, 11) is 0. The number of hydrogen-bond acceptors (Lipinski definition) is 3. The van der Waals surface area contributed by atoms with Crippen molar-refractivity contribution >= 4 is 11.8 Å². The maximum Gasteiger partial charge on any atom is 0.247 e. The minimum Gasteiger partial charge on any atom is -0.305 e. The number of likely N-dealkylation sites (tertiary alicyclic amines) is 1. The van der Waals surface area contributed by atoms with Gasteiger partial charge in [-0.25, -0.2) is 0 Å². The van der Waals surface area contributed by atoms with E-state index in [9.17, 15) is 9.59 Å². The Morgan fingerprint density at radius 3 is 2.52 bits per heavy atom. The molecule has 2 rings (SSSR count). The average Bonchev–Trinajstić information content (AvgIpc) is 2.79. The number of imide groups is 1. The average molecular weight is 288 g/mol. The number of nitrogens with zero attached hydrogens (tertiary/aromatic N) is 1. The Hall–Kier alpha value is -1.68. The Morgan fingerprint density at radius 1 is 1.24 bits per heavy atom. The summed E-state index contributed by atoms with van der Waals surface area (Å²) in [4.78, 5) is 25.7. The molecule has 1 heterocycles. The molecule has 1 N–H and O–H groups in total. The summed E-state index contributed by atoms with van der Waals surface area (Å²) in [6.07, 6.45) is 1.08. The van der Waals surface area contributed by atoms with E-state index in [0.717, 1.165) is 6.42 Å². The van der Waals surface area contributed by atoms with Crippen LogP contribution in [0.25, 0.3) is 0 Å². The van der Waals surface area contributed by atoms with Crippen LogP contribution >= 0.6 is 0 Å². The van der Waals surface area contributed by atoms with Gasteiger partial charge in [0.2, 0.25) is 11.8 Å². The molecule has 1 aliphatic heterocycles. The van der Waals surface area contributed by atoms with Crippen molar-refractivity contribution in [3.05, 3.63) is 35.9 Å². The molecule has 0 bridgehead atoms. The highest BCUT2D eigenvalue weighted by Gasteiger charge is 2.40. The van der Waals surface area contributed by atoms with Crippen LogP contribution in [0.4, 0.5) is 0 Å². The second kappa shape index (κ2) is 6.85. The molecule has 4 heteroatoms. The normalized spacial score (nSPS) is 21.7. The molecule has 0 spiro atoms. The number of amides is 2. The highest BCUT2D eigenvalue weighted by Crippen LogP contribution is 2.19. The van der Waals surface area contributed by atoms with Crippen LogP contribution in [0.1, 0.15) is 45.1 Å². The molecule has 4 nitrogen and oxygen atoms in total. The highest BCUT2D eigenvalue weighted by atomic mass is 16.2. The third kappa shape index (κ3) is 3.50. The molecular formula is C17H24N2O2. The van der Waals surface area contributed by atoms with Crippen LogP contribution in [0.2, 0.25) is 0 Å². The first kappa shape index (κ1) is 15.7. The Bertz CT molecular complexity index is 501. The van der Waals surface area contributed by atoms with E-state index >= 15 is 0 Å². The Labute approximate surface area is 126 Å². The topological polar surface area (TPSA) is 49.4 Å². The Morgan fingerprint density at radius 2 is 1.90 bits per heavy atom. The number of nitrogens with one attached hydrogen (secondary N) is 1. The zero-order valence-corrected chi connectivity index (χ0v) is 13.0. The molecule has 114 valence electrons. The van der Waals surface area contributed by atoms with Gasteiger partial charge in [0.15, 0.2) is 0 Å². The minimum atomic E-state index is -0.363. The standard InChI is InChI=1S/C17H24N2O2/c1-4-13(3)19-16(20)10-15(17(19)21)18-11-12(2)14-8-6-5-7-9-14/h5-9,12-13,15,18H,4,10-11H2,1-3H3. The molecule has 3 atom stereocenters. The van der Waals surface area contributed by atoms with E-state index in [4.69, 9.17) is 0 Å².